The topological polar surface area (TPSA) is 84.2 Å². The lowest BCUT2D eigenvalue weighted by atomic mass is 9.84. The van der Waals surface area contributed by atoms with E-state index in [2.05, 4.69) is 10.6 Å². The molecule has 3 rings (SSSR count). The predicted molar refractivity (Wildman–Crippen MR) is 104 cm³/mol. The van der Waals surface area contributed by atoms with E-state index in [1.54, 1.807) is 0 Å². The third-order valence-electron chi connectivity index (χ3n) is 5.24. The molecule has 1 aliphatic rings. The number of carbonyl (C=O) groups is 2. The summed E-state index contributed by atoms with van der Waals surface area (Å²) in [6.07, 6.45) is 4.60. The first-order valence-corrected chi connectivity index (χ1v) is 9.40. The van der Waals surface area contributed by atoms with Crippen molar-refractivity contribution in [2.45, 2.75) is 38.1 Å². The van der Waals surface area contributed by atoms with Crippen molar-refractivity contribution in [3.8, 4) is 0 Å². The number of amides is 2. The lowest BCUT2D eigenvalue weighted by Gasteiger charge is -2.31. The molecule has 2 amide bonds. The van der Waals surface area contributed by atoms with Gasteiger partial charge in [-0.2, -0.15) is 0 Å². The summed E-state index contributed by atoms with van der Waals surface area (Å²) in [5, 5.41) is 7.95. The Morgan fingerprint density at radius 1 is 1.00 bits per heavy atom. The Bertz CT molecular complexity index is 769. The van der Waals surface area contributed by atoms with Crippen LogP contribution >= 0.6 is 0 Å². The van der Waals surface area contributed by atoms with E-state index in [-0.39, 0.29) is 30.8 Å². The van der Waals surface area contributed by atoms with E-state index < -0.39 is 0 Å². The van der Waals surface area contributed by atoms with E-state index in [1.165, 1.54) is 6.42 Å². The molecule has 2 aromatic rings. The Labute approximate surface area is 154 Å². The summed E-state index contributed by atoms with van der Waals surface area (Å²) in [6.45, 7) is 0.607. The van der Waals surface area contributed by atoms with Gasteiger partial charge < -0.3 is 16.4 Å². The lowest BCUT2D eigenvalue weighted by Crippen LogP contribution is -2.48. The number of nitrogens with one attached hydrogen (secondary N) is 2. The monoisotopic (exact) mass is 353 g/mol. The smallest absolute Gasteiger partial charge is 0.239 e. The quantitative estimate of drug-likeness (QED) is 0.744. The van der Waals surface area contributed by atoms with Gasteiger partial charge >= 0.3 is 0 Å². The van der Waals surface area contributed by atoms with Crippen molar-refractivity contribution in [3.05, 3.63) is 48.0 Å². The van der Waals surface area contributed by atoms with Gasteiger partial charge in [0.05, 0.1) is 13.0 Å². The van der Waals surface area contributed by atoms with Crippen LogP contribution in [0, 0.1) is 5.92 Å². The van der Waals surface area contributed by atoms with Gasteiger partial charge in [-0.15, -0.1) is 0 Å². The van der Waals surface area contributed by atoms with Gasteiger partial charge in [-0.3, -0.25) is 9.59 Å². The summed E-state index contributed by atoms with van der Waals surface area (Å²) >= 11 is 0. The molecule has 0 radical (unpaired) electrons. The van der Waals surface area contributed by atoms with Gasteiger partial charge in [0.1, 0.15) is 0 Å². The highest BCUT2D eigenvalue weighted by Gasteiger charge is 2.25. The minimum absolute atomic E-state index is 0.0113. The number of rotatable bonds is 6. The van der Waals surface area contributed by atoms with Crippen LogP contribution in [0.1, 0.15) is 31.2 Å². The number of carbonyl (C=O) groups excluding carboxylic acids is 2. The third-order valence-corrected chi connectivity index (χ3v) is 5.24. The van der Waals surface area contributed by atoms with E-state index in [4.69, 9.17) is 5.73 Å². The molecule has 0 bridgehead atoms. The Morgan fingerprint density at radius 3 is 2.62 bits per heavy atom. The molecule has 0 spiro atoms. The fourth-order valence-electron chi connectivity index (χ4n) is 3.80. The maximum absolute atomic E-state index is 12.3. The zero-order chi connectivity index (χ0) is 18.4. The molecule has 4 N–H and O–H groups in total. The van der Waals surface area contributed by atoms with Gasteiger partial charge in [-0.1, -0.05) is 55.3 Å². The Kier molecular flexibility index (Phi) is 6.23. The molecule has 2 aromatic carbocycles. The van der Waals surface area contributed by atoms with Gasteiger partial charge in [-0.05, 0) is 41.6 Å². The zero-order valence-corrected chi connectivity index (χ0v) is 15.0. The number of hydrogen-bond donors (Lipinski definition) is 3. The van der Waals surface area contributed by atoms with E-state index in [1.807, 2.05) is 42.5 Å². The lowest BCUT2D eigenvalue weighted by molar-refractivity contribution is -0.126. The first-order valence-electron chi connectivity index (χ1n) is 9.40. The Hall–Kier alpha value is -2.40. The van der Waals surface area contributed by atoms with Crippen LogP contribution in [0.3, 0.4) is 0 Å². The highest BCUT2D eigenvalue weighted by Crippen LogP contribution is 2.23. The largest absolute Gasteiger partial charge is 0.352 e. The SMILES string of the molecule is NCC1CCCCC1NC(=O)CNC(=O)Cc1cccc2ccccc12. The number of benzene rings is 2. The van der Waals surface area contributed by atoms with Crippen molar-refractivity contribution in [2.75, 3.05) is 13.1 Å². The van der Waals surface area contributed by atoms with E-state index in [9.17, 15) is 9.59 Å². The second kappa shape index (κ2) is 8.81. The van der Waals surface area contributed by atoms with Crippen molar-refractivity contribution >= 4 is 22.6 Å². The van der Waals surface area contributed by atoms with Crippen LogP contribution in [0.2, 0.25) is 0 Å². The van der Waals surface area contributed by atoms with Gasteiger partial charge in [-0.25, -0.2) is 0 Å². The number of hydrogen-bond acceptors (Lipinski definition) is 3. The summed E-state index contributed by atoms with van der Waals surface area (Å²) in [7, 11) is 0. The normalized spacial score (nSPS) is 19.9. The van der Waals surface area contributed by atoms with Gasteiger partial charge in [0.15, 0.2) is 0 Å². The molecule has 138 valence electrons. The summed E-state index contributed by atoms with van der Waals surface area (Å²) in [5.41, 5.74) is 6.77. The maximum Gasteiger partial charge on any atom is 0.239 e. The first kappa shape index (κ1) is 18.4. The van der Waals surface area contributed by atoms with Crippen LogP contribution in [0.25, 0.3) is 10.8 Å². The van der Waals surface area contributed by atoms with Crippen molar-refractivity contribution in [1.82, 2.24) is 10.6 Å². The second-order valence-electron chi connectivity index (χ2n) is 7.05. The molecule has 0 saturated heterocycles. The van der Waals surface area contributed by atoms with Gasteiger partial charge in [0.25, 0.3) is 0 Å². The standard InChI is InChI=1S/C21H27N3O2/c22-13-17-7-2-4-11-19(17)24-21(26)14-23-20(25)12-16-9-5-8-15-6-1-3-10-18(15)16/h1,3,5-6,8-10,17,19H,2,4,7,11-14,22H2,(H,23,25)(H,24,26). The molecule has 2 atom stereocenters. The van der Waals surface area contributed by atoms with Crippen molar-refractivity contribution in [1.29, 1.82) is 0 Å². The Morgan fingerprint density at radius 2 is 1.77 bits per heavy atom. The average Bonchev–Trinajstić information content (AvgIpc) is 2.67. The van der Waals surface area contributed by atoms with Crippen molar-refractivity contribution < 1.29 is 9.59 Å². The molecule has 0 aliphatic heterocycles. The molecule has 26 heavy (non-hydrogen) atoms. The molecule has 1 saturated carbocycles. The fraction of sp³-hybridized carbons (Fsp3) is 0.429. The van der Waals surface area contributed by atoms with Crippen molar-refractivity contribution in [3.63, 3.8) is 0 Å². The highest BCUT2D eigenvalue weighted by atomic mass is 16.2. The predicted octanol–water partition coefficient (Wildman–Crippen LogP) is 2.13. The Balaban J connectivity index is 1.51. The zero-order valence-electron chi connectivity index (χ0n) is 15.0. The third kappa shape index (κ3) is 4.61. The van der Waals surface area contributed by atoms with Crippen LogP contribution in [0.5, 0.6) is 0 Å². The molecule has 0 aromatic heterocycles. The minimum Gasteiger partial charge on any atom is -0.352 e. The van der Waals surface area contributed by atoms with Crippen LogP contribution in [-0.2, 0) is 16.0 Å². The molecule has 5 nitrogen and oxygen atoms in total. The van der Waals surface area contributed by atoms with Crippen LogP contribution in [0.4, 0.5) is 0 Å². The molecule has 1 aliphatic carbocycles. The summed E-state index contributed by atoms with van der Waals surface area (Å²) < 4.78 is 0. The molecular formula is C21H27N3O2. The van der Waals surface area contributed by atoms with Crippen LogP contribution in [0.15, 0.2) is 42.5 Å². The maximum atomic E-state index is 12.3. The molecular weight excluding hydrogens is 326 g/mol. The van der Waals surface area contributed by atoms with Crippen LogP contribution < -0.4 is 16.4 Å². The molecule has 2 unspecified atom stereocenters. The van der Waals surface area contributed by atoms with E-state index in [0.29, 0.717) is 12.5 Å². The summed E-state index contributed by atoms with van der Waals surface area (Å²) in [6, 6.07) is 14.1. The van der Waals surface area contributed by atoms with Crippen LogP contribution in [-0.4, -0.2) is 30.9 Å². The second-order valence-corrected chi connectivity index (χ2v) is 7.05. The summed E-state index contributed by atoms with van der Waals surface area (Å²) in [5.74, 6) is 0.0660. The summed E-state index contributed by atoms with van der Waals surface area (Å²) in [4.78, 5) is 24.4. The fourth-order valence-corrected chi connectivity index (χ4v) is 3.80. The number of nitrogens with two attached hydrogens (primary N) is 1. The first-order chi connectivity index (χ1) is 12.7. The molecule has 0 heterocycles. The molecule has 1 fully saturated rings. The average molecular weight is 353 g/mol. The van der Waals surface area contributed by atoms with Gasteiger partial charge in [0, 0.05) is 6.04 Å². The highest BCUT2D eigenvalue weighted by molar-refractivity contribution is 5.91. The molecule has 5 heteroatoms. The minimum atomic E-state index is -0.143. The van der Waals surface area contributed by atoms with E-state index in [0.717, 1.165) is 35.6 Å². The van der Waals surface area contributed by atoms with E-state index >= 15 is 0 Å². The number of fused-ring (bicyclic) bond motifs is 1. The van der Waals surface area contributed by atoms with Crippen molar-refractivity contribution in [2.24, 2.45) is 11.7 Å². The van der Waals surface area contributed by atoms with Gasteiger partial charge in [0.2, 0.25) is 11.8 Å².